The molecule has 4 unspecified atom stereocenters. The Morgan fingerprint density at radius 1 is 1.47 bits per heavy atom. The second-order valence-electron chi connectivity index (χ2n) is 5.71. The minimum atomic E-state index is -4.62. The summed E-state index contributed by atoms with van der Waals surface area (Å²) in [6.07, 6.45) is -3.92. The van der Waals surface area contributed by atoms with Gasteiger partial charge in [-0.3, -0.25) is 0 Å². The third kappa shape index (κ3) is 2.38. The van der Waals surface area contributed by atoms with E-state index in [1.807, 2.05) is 0 Å². The van der Waals surface area contributed by atoms with Gasteiger partial charge in [-0.2, -0.15) is 13.2 Å². The van der Waals surface area contributed by atoms with Gasteiger partial charge in [-0.05, 0) is 38.0 Å². The van der Waals surface area contributed by atoms with E-state index < -0.39 is 29.6 Å². The number of carbonyl (C=O) groups is 1. The number of fused-ring (bicyclic) bond motifs is 2. The molecular weight excluding hydrogens is 261 g/mol. The Hall–Kier alpha value is -1.04. The second-order valence-corrected chi connectivity index (χ2v) is 5.71. The van der Waals surface area contributed by atoms with Crippen LogP contribution in [0.25, 0.3) is 0 Å². The number of ether oxygens (including phenoxy) is 1. The summed E-state index contributed by atoms with van der Waals surface area (Å²) < 4.78 is 43.7. The van der Waals surface area contributed by atoms with E-state index in [2.05, 4.69) is 6.58 Å². The van der Waals surface area contributed by atoms with Crippen LogP contribution in [-0.4, -0.2) is 29.5 Å². The van der Waals surface area contributed by atoms with Crippen LogP contribution in [0.5, 0.6) is 0 Å². The molecule has 0 amide bonds. The molecule has 2 aliphatic carbocycles. The van der Waals surface area contributed by atoms with Crippen LogP contribution in [-0.2, 0) is 9.53 Å². The maximum atomic E-state index is 12.9. The van der Waals surface area contributed by atoms with E-state index in [0.29, 0.717) is 12.8 Å². The van der Waals surface area contributed by atoms with Crippen molar-refractivity contribution in [2.24, 2.45) is 17.8 Å². The predicted molar refractivity (Wildman–Crippen MR) is 61.1 cm³/mol. The molecule has 19 heavy (non-hydrogen) atoms. The lowest BCUT2D eigenvalue weighted by Crippen LogP contribution is -2.52. The van der Waals surface area contributed by atoms with E-state index in [1.165, 1.54) is 6.92 Å². The smallest absolute Gasteiger partial charge is 0.417 e. The molecule has 0 aromatic rings. The molecule has 0 saturated heterocycles. The Morgan fingerprint density at radius 3 is 2.58 bits per heavy atom. The SMILES string of the molecule is C=C(C)C(=O)OCC1CC2CC1C(O)(C(F)(F)F)C2. The number of carbonyl (C=O) groups excluding carboxylic acids is 1. The van der Waals surface area contributed by atoms with Crippen LogP contribution in [0.15, 0.2) is 12.2 Å². The van der Waals surface area contributed by atoms with E-state index in [0.717, 1.165) is 0 Å². The minimum Gasteiger partial charge on any atom is -0.462 e. The topological polar surface area (TPSA) is 46.5 Å². The van der Waals surface area contributed by atoms with Crippen molar-refractivity contribution >= 4 is 5.97 Å². The highest BCUT2D eigenvalue weighted by Crippen LogP contribution is 2.59. The maximum Gasteiger partial charge on any atom is 0.417 e. The first kappa shape index (κ1) is 14.4. The first-order valence-corrected chi connectivity index (χ1v) is 6.27. The van der Waals surface area contributed by atoms with E-state index >= 15 is 0 Å². The molecule has 0 aromatic heterocycles. The molecule has 3 nitrogen and oxygen atoms in total. The molecule has 0 aliphatic heterocycles. The zero-order valence-electron chi connectivity index (χ0n) is 10.7. The quantitative estimate of drug-likeness (QED) is 0.637. The van der Waals surface area contributed by atoms with Crippen molar-refractivity contribution in [1.82, 2.24) is 0 Å². The number of hydrogen-bond acceptors (Lipinski definition) is 3. The summed E-state index contributed by atoms with van der Waals surface area (Å²) in [6, 6.07) is 0. The van der Waals surface area contributed by atoms with Gasteiger partial charge in [0.2, 0.25) is 0 Å². The van der Waals surface area contributed by atoms with Crippen molar-refractivity contribution in [3.8, 4) is 0 Å². The van der Waals surface area contributed by atoms with Crippen molar-refractivity contribution in [2.75, 3.05) is 6.61 Å². The van der Waals surface area contributed by atoms with Gasteiger partial charge in [0, 0.05) is 11.5 Å². The Labute approximate surface area is 109 Å². The summed E-state index contributed by atoms with van der Waals surface area (Å²) in [5.74, 6) is -2.02. The van der Waals surface area contributed by atoms with Gasteiger partial charge in [-0.1, -0.05) is 6.58 Å². The summed E-state index contributed by atoms with van der Waals surface area (Å²) in [6.45, 7) is 4.82. The predicted octanol–water partition coefficient (Wildman–Crippen LogP) is 2.45. The second kappa shape index (κ2) is 4.51. The highest BCUT2D eigenvalue weighted by molar-refractivity contribution is 5.86. The summed E-state index contributed by atoms with van der Waals surface area (Å²) >= 11 is 0. The van der Waals surface area contributed by atoms with E-state index in [4.69, 9.17) is 4.74 Å². The van der Waals surface area contributed by atoms with Crippen molar-refractivity contribution < 1.29 is 27.8 Å². The van der Waals surface area contributed by atoms with E-state index in [1.54, 1.807) is 0 Å². The number of hydrogen-bond donors (Lipinski definition) is 1. The molecule has 2 rings (SSSR count). The van der Waals surface area contributed by atoms with Crippen LogP contribution in [0.2, 0.25) is 0 Å². The van der Waals surface area contributed by atoms with Gasteiger partial charge >= 0.3 is 12.1 Å². The van der Waals surface area contributed by atoms with Gasteiger partial charge in [0.05, 0.1) is 6.61 Å². The number of esters is 1. The highest BCUT2D eigenvalue weighted by atomic mass is 19.4. The number of rotatable bonds is 3. The van der Waals surface area contributed by atoms with Crippen LogP contribution in [0.3, 0.4) is 0 Å². The van der Waals surface area contributed by atoms with Crippen LogP contribution in [0.4, 0.5) is 13.2 Å². The molecule has 2 fully saturated rings. The normalized spacial score (nSPS) is 37.4. The minimum absolute atomic E-state index is 0.0781. The van der Waals surface area contributed by atoms with E-state index in [-0.39, 0.29) is 24.5 Å². The molecule has 1 N–H and O–H groups in total. The summed E-state index contributed by atoms with van der Waals surface area (Å²) in [5.41, 5.74) is -2.40. The fourth-order valence-corrected chi connectivity index (χ4v) is 3.40. The molecule has 4 atom stereocenters. The lowest BCUT2D eigenvalue weighted by Gasteiger charge is -2.38. The highest BCUT2D eigenvalue weighted by Gasteiger charge is 2.67. The third-order valence-electron chi connectivity index (χ3n) is 4.27. The van der Waals surface area contributed by atoms with Crippen LogP contribution in [0, 0.1) is 17.8 Å². The fourth-order valence-electron chi connectivity index (χ4n) is 3.40. The monoisotopic (exact) mass is 278 g/mol. The van der Waals surface area contributed by atoms with Gasteiger partial charge in [-0.15, -0.1) is 0 Å². The summed E-state index contributed by atoms with van der Waals surface area (Å²) in [4.78, 5) is 11.3. The maximum absolute atomic E-state index is 12.9. The largest absolute Gasteiger partial charge is 0.462 e. The fraction of sp³-hybridized carbons (Fsp3) is 0.769. The molecular formula is C13H17F3O3. The molecule has 2 saturated carbocycles. The van der Waals surface area contributed by atoms with Gasteiger partial charge in [0.15, 0.2) is 5.60 Å². The molecule has 0 radical (unpaired) electrons. The average molecular weight is 278 g/mol. The number of aliphatic hydroxyl groups is 1. The molecule has 0 spiro atoms. The first-order valence-electron chi connectivity index (χ1n) is 6.27. The van der Waals surface area contributed by atoms with Crippen molar-refractivity contribution in [2.45, 2.75) is 38.0 Å². The van der Waals surface area contributed by atoms with Gasteiger partial charge < -0.3 is 9.84 Å². The van der Waals surface area contributed by atoms with Gasteiger partial charge in [0.25, 0.3) is 0 Å². The molecule has 108 valence electrons. The molecule has 2 bridgehead atoms. The van der Waals surface area contributed by atoms with Crippen molar-refractivity contribution in [3.63, 3.8) is 0 Å². The number of alkyl halides is 3. The zero-order chi connectivity index (χ0) is 14.4. The molecule has 0 heterocycles. The van der Waals surface area contributed by atoms with Crippen LogP contribution in [0.1, 0.15) is 26.2 Å². The van der Waals surface area contributed by atoms with Gasteiger partial charge in [0.1, 0.15) is 0 Å². The Morgan fingerprint density at radius 2 is 2.11 bits per heavy atom. The van der Waals surface area contributed by atoms with Crippen LogP contribution < -0.4 is 0 Å². The summed E-state index contributed by atoms with van der Waals surface area (Å²) in [5, 5.41) is 9.88. The lowest BCUT2D eigenvalue weighted by atomic mass is 9.77. The third-order valence-corrected chi connectivity index (χ3v) is 4.27. The van der Waals surface area contributed by atoms with Crippen molar-refractivity contribution in [3.05, 3.63) is 12.2 Å². The lowest BCUT2D eigenvalue weighted by molar-refractivity contribution is -0.283. The standard InChI is InChI=1S/C13H17F3O3/c1-7(2)11(17)19-6-9-3-8-4-10(9)12(18,5-8)13(14,15)16/h8-10,18H,1,3-6H2,2H3. The van der Waals surface area contributed by atoms with E-state index in [9.17, 15) is 23.1 Å². The molecule has 6 heteroatoms. The Balaban J connectivity index is 2.02. The van der Waals surface area contributed by atoms with Crippen LogP contribution >= 0.6 is 0 Å². The number of halogens is 3. The molecule has 0 aromatic carbocycles. The van der Waals surface area contributed by atoms with Gasteiger partial charge in [-0.25, -0.2) is 4.79 Å². The molecule has 2 aliphatic rings. The Bertz CT molecular complexity index is 404. The summed E-state index contributed by atoms with van der Waals surface area (Å²) in [7, 11) is 0. The Kier molecular flexibility index (Phi) is 3.41. The zero-order valence-corrected chi connectivity index (χ0v) is 10.7. The first-order chi connectivity index (χ1) is 8.65. The average Bonchev–Trinajstić information content (AvgIpc) is 2.81. The van der Waals surface area contributed by atoms with Crippen molar-refractivity contribution in [1.29, 1.82) is 0 Å².